The number of ether oxygens (including phenoxy) is 2. The molecule has 0 aliphatic heterocycles. The molecule has 5 heteroatoms. The molecule has 0 aliphatic rings. The highest BCUT2D eigenvalue weighted by molar-refractivity contribution is 5.89. The summed E-state index contributed by atoms with van der Waals surface area (Å²) < 4.78 is 16.1. The molecule has 0 N–H and O–H groups in total. The number of hydrogen-bond donors (Lipinski definition) is 0. The summed E-state index contributed by atoms with van der Waals surface area (Å²) >= 11 is 0. The van der Waals surface area contributed by atoms with Gasteiger partial charge >= 0.3 is 5.97 Å². The number of rotatable bonds is 6. The first-order valence-electron chi connectivity index (χ1n) is 7.94. The predicted octanol–water partition coefficient (Wildman–Crippen LogP) is 4.15. The van der Waals surface area contributed by atoms with E-state index in [0.717, 1.165) is 11.1 Å². The van der Waals surface area contributed by atoms with Crippen LogP contribution in [0.2, 0.25) is 0 Å². The molecule has 1 heterocycles. The van der Waals surface area contributed by atoms with Crippen molar-refractivity contribution in [3.05, 3.63) is 77.2 Å². The van der Waals surface area contributed by atoms with E-state index in [2.05, 4.69) is 4.98 Å². The Morgan fingerprint density at radius 1 is 1.04 bits per heavy atom. The molecule has 3 rings (SSSR count). The van der Waals surface area contributed by atoms with E-state index in [9.17, 15) is 4.79 Å². The van der Waals surface area contributed by atoms with E-state index in [-0.39, 0.29) is 6.61 Å². The Morgan fingerprint density at radius 3 is 2.44 bits per heavy atom. The van der Waals surface area contributed by atoms with Crippen LogP contribution in [0.1, 0.15) is 27.4 Å². The van der Waals surface area contributed by atoms with Crippen LogP contribution in [-0.4, -0.2) is 18.1 Å². The van der Waals surface area contributed by atoms with Crippen LogP contribution in [0, 0.1) is 6.92 Å². The molecule has 0 aliphatic carbocycles. The Bertz CT molecular complexity index is 838. The molecule has 0 fully saturated rings. The summed E-state index contributed by atoms with van der Waals surface area (Å²) in [5.41, 5.74) is 2.99. The molecule has 0 radical (unpaired) electrons. The molecule has 0 unspecified atom stereocenters. The molecule has 128 valence electrons. The van der Waals surface area contributed by atoms with E-state index >= 15 is 0 Å². The second-order valence-electron chi connectivity index (χ2n) is 5.59. The first-order valence-corrected chi connectivity index (χ1v) is 7.94. The largest absolute Gasteiger partial charge is 0.455 e. The van der Waals surface area contributed by atoms with Gasteiger partial charge in [0.25, 0.3) is 0 Å². The van der Waals surface area contributed by atoms with E-state index in [4.69, 9.17) is 13.9 Å². The van der Waals surface area contributed by atoms with Crippen molar-refractivity contribution in [1.82, 2.24) is 4.98 Å². The van der Waals surface area contributed by atoms with Crippen molar-refractivity contribution in [3.8, 4) is 11.5 Å². The lowest BCUT2D eigenvalue weighted by atomic mass is 10.1. The number of benzene rings is 2. The monoisotopic (exact) mass is 337 g/mol. The first-order chi connectivity index (χ1) is 12.2. The molecule has 3 aromatic rings. The quantitative estimate of drug-likeness (QED) is 0.632. The van der Waals surface area contributed by atoms with Crippen LogP contribution in [0.4, 0.5) is 0 Å². The number of oxazole rings is 1. The van der Waals surface area contributed by atoms with Crippen molar-refractivity contribution in [1.29, 1.82) is 0 Å². The average molecular weight is 337 g/mol. The lowest BCUT2D eigenvalue weighted by Gasteiger charge is -2.04. The number of esters is 1. The van der Waals surface area contributed by atoms with Gasteiger partial charge in [0.15, 0.2) is 0 Å². The Kier molecular flexibility index (Phi) is 5.26. The van der Waals surface area contributed by atoms with E-state index in [1.807, 2.05) is 49.4 Å². The van der Waals surface area contributed by atoms with Gasteiger partial charge in [-0.1, -0.05) is 30.3 Å². The molecule has 0 saturated carbocycles. The van der Waals surface area contributed by atoms with Gasteiger partial charge in [-0.2, -0.15) is 0 Å². The van der Waals surface area contributed by atoms with Crippen LogP contribution < -0.4 is 0 Å². The summed E-state index contributed by atoms with van der Waals surface area (Å²) in [6.07, 6.45) is 0. The molecule has 0 atom stereocenters. The van der Waals surface area contributed by atoms with Crippen molar-refractivity contribution in [2.24, 2.45) is 0 Å². The standard InChI is InChI=1S/C20H19NO4/c1-14-18(21-19(25-14)16-6-4-3-5-7-16)13-24-20(22)17-10-8-15(9-11-17)12-23-2/h3-11H,12-13H2,1-2H3. The number of aromatic nitrogens is 1. The molecule has 0 amide bonds. The fourth-order valence-electron chi connectivity index (χ4n) is 2.39. The number of carbonyl (C=O) groups is 1. The van der Waals surface area contributed by atoms with Gasteiger partial charge in [-0.25, -0.2) is 9.78 Å². The zero-order valence-corrected chi connectivity index (χ0v) is 14.2. The van der Waals surface area contributed by atoms with Crippen molar-refractivity contribution >= 4 is 5.97 Å². The van der Waals surface area contributed by atoms with Gasteiger partial charge in [0.2, 0.25) is 5.89 Å². The Morgan fingerprint density at radius 2 is 1.76 bits per heavy atom. The van der Waals surface area contributed by atoms with Crippen LogP contribution in [0.5, 0.6) is 0 Å². The van der Waals surface area contributed by atoms with Gasteiger partial charge < -0.3 is 13.9 Å². The lowest BCUT2D eigenvalue weighted by Crippen LogP contribution is -2.06. The number of aryl methyl sites for hydroxylation is 1. The van der Waals surface area contributed by atoms with Crippen molar-refractivity contribution < 1.29 is 18.7 Å². The molecular weight excluding hydrogens is 318 g/mol. The maximum atomic E-state index is 12.2. The highest BCUT2D eigenvalue weighted by Gasteiger charge is 2.14. The normalized spacial score (nSPS) is 10.6. The highest BCUT2D eigenvalue weighted by atomic mass is 16.5. The maximum absolute atomic E-state index is 12.2. The third-order valence-electron chi connectivity index (χ3n) is 3.75. The number of methoxy groups -OCH3 is 1. The van der Waals surface area contributed by atoms with Gasteiger partial charge in [0.05, 0.1) is 12.2 Å². The summed E-state index contributed by atoms with van der Waals surface area (Å²) in [6.45, 7) is 2.39. The summed E-state index contributed by atoms with van der Waals surface area (Å²) in [4.78, 5) is 16.6. The zero-order chi connectivity index (χ0) is 17.6. The molecule has 0 spiro atoms. The van der Waals surface area contributed by atoms with Gasteiger partial charge in [-0.3, -0.25) is 0 Å². The number of hydrogen-bond acceptors (Lipinski definition) is 5. The molecule has 2 aromatic carbocycles. The summed E-state index contributed by atoms with van der Waals surface area (Å²) in [6, 6.07) is 16.7. The smallest absolute Gasteiger partial charge is 0.338 e. The minimum Gasteiger partial charge on any atom is -0.455 e. The van der Waals surface area contributed by atoms with Gasteiger partial charge in [-0.15, -0.1) is 0 Å². The van der Waals surface area contributed by atoms with Crippen molar-refractivity contribution in [3.63, 3.8) is 0 Å². The maximum Gasteiger partial charge on any atom is 0.338 e. The fourth-order valence-corrected chi connectivity index (χ4v) is 2.39. The zero-order valence-electron chi connectivity index (χ0n) is 14.2. The van der Waals surface area contributed by atoms with E-state index in [1.54, 1.807) is 19.2 Å². The molecule has 25 heavy (non-hydrogen) atoms. The topological polar surface area (TPSA) is 61.6 Å². The number of carbonyl (C=O) groups excluding carboxylic acids is 1. The molecule has 0 saturated heterocycles. The predicted molar refractivity (Wildman–Crippen MR) is 93.0 cm³/mol. The Hall–Kier alpha value is -2.92. The van der Waals surface area contributed by atoms with Crippen LogP contribution in [-0.2, 0) is 22.7 Å². The fraction of sp³-hybridized carbons (Fsp3) is 0.200. The second kappa shape index (κ2) is 7.77. The Balaban J connectivity index is 1.65. The van der Waals surface area contributed by atoms with Crippen LogP contribution >= 0.6 is 0 Å². The lowest BCUT2D eigenvalue weighted by molar-refractivity contribution is 0.0467. The van der Waals surface area contributed by atoms with Gasteiger partial charge in [0, 0.05) is 12.7 Å². The molecule has 5 nitrogen and oxygen atoms in total. The van der Waals surface area contributed by atoms with Gasteiger partial charge in [0.1, 0.15) is 18.1 Å². The summed E-state index contributed by atoms with van der Waals surface area (Å²) in [5, 5.41) is 0. The highest BCUT2D eigenvalue weighted by Crippen LogP contribution is 2.22. The van der Waals surface area contributed by atoms with E-state index in [1.165, 1.54) is 0 Å². The van der Waals surface area contributed by atoms with Crippen LogP contribution in [0.3, 0.4) is 0 Å². The second-order valence-corrected chi connectivity index (χ2v) is 5.59. The van der Waals surface area contributed by atoms with Crippen molar-refractivity contribution in [2.75, 3.05) is 7.11 Å². The average Bonchev–Trinajstić information content (AvgIpc) is 3.02. The van der Waals surface area contributed by atoms with E-state index < -0.39 is 5.97 Å². The van der Waals surface area contributed by atoms with Crippen LogP contribution in [0.25, 0.3) is 11.5 Å². The summed E-state index contributed by atoms with van der Waals surface area (Å²) in [5.74, 6) is 0.766. The molecule has 1 aromatic heterocycles. The Labute approximate surface area is 146 Å². The summed E-state index contributed by atoms with van der Waals surface area (Å²) in [7, 11) is 1.63. The van der Waals surface area contributed by atoms with E-state index in [0.29, 0.717) is 29.5 Å². The molecular formula is C20H19NO4. The first kappa shape index (κ1) is 16.9. The van der Waals surface area contributed by atoms with Gasteiger partial charge in [-0.05, 0) is 36.8 Å². The SMILES string of the molecule is COCc1ccc(C(=O)OCc2nc(-c3ccccc3)oc2C)cc1. The number of nitrogens with zero attached hydrogens (tertiary/aromatic N) is 1. The third-order valence-corrected chi connectivity index (χ3v) is 3.75. The van der Waals surface area contributed by atoms with Crippen molar-refractivity contribution in [2.45, 2.75) is 20.1 Å². The molecule has 0 bridgehead atoms. The minimum absolute atomic E-state index is 0.0703. The van der Waals surface area contributed by atoms with Crippen LogP contribution in [0.15, 0.2) is 59.0 Å². The minimum atomic E-state index is -0.396. The third kappa shape index (κ3) is 4.14.